The zero-order chi connectivity index (χ0) is 15.1. The Hall–Kier alpha value is -1.69. The SMILES string of the molecule is COC(C)CC(C)CNC(=O)CCN1C(=O)C=CC1=O. The molecule has 1 heterocycles. The van der Waals surface area contributed by atoms with Crippen molar-refractivity contribution in [2.45, 2.75) is 32.8 Å². The first kappa shape index (κ1) is 16.4. The molecule has 0 saturated heterocycles. The highest BCUT2D eigenvalue weighted by molar-refractivity contribution is 6.13. The number of methoxy groups -OCH3 is 1. The van der Waals surface area contributed by atoms with E-state index in [9.17, 15) is 14.4 Å². The van der Waals surface area contributed by atoms with Crippen LogP contribution in [0.15, 0.2) is 12.2 Å². The van der Waals surface area contributed by atoms with E-state index in [4.69, 9.17) is 4.74 Å². The third kappa shape index (κ3) is 5.13. The number of hydrogen-bond acceptors (Lipinski definition) is 4. The molecule has 0 aromatic rings. The van der Waals surface area contributed by atoms with Gasteiger partial charge in [0.25, 0.3) is 11.8 Å². The standard InChI is InChI=1S/C14H22N2O4/c1-10(8-11(2)20-3)9-15-12(17)6-7-16-13(18)4-5-14(16)19/h4-5,10-11H,6-9H2,1-3H3,(H,15,17). The van der Waals surface area contributed by atoms with Crippen LogP contribution in [-0.4, -0.2) is 48.9 Å². The molecule has 6 nitrogen and oxygen atoms in total. The topological polar surface area (TPSA) is 75.7 Å². The van der Waals surface area contributed by atoms with Gasteiger partial charge in [0.1, 0.15) is 0 Å². The van der Waals surface area contributed by atoms with Crippen molar-refractivity contribution in [2.75, 3.05) is 20.2 Å². The molecule has 0 aromatic heterocycles. The third-order valence-corrected chi connectivity index (χ3v) is 3.25. The van der Waals surface area contributed by atoms with Crippen LogP contribution in [0.1, 0.15) is 26.7 Å². The molecule has 0 fully saturated rings. The van der Waals surface area contributed by atoms with Gasteiger partial charge in [-0.1, -0.05) is 6.92 Å². The molecule has 0 aromatic carbocycles. The summed E-state index contributed by atoms with van der Waals surface area (Å²) >= 11 is 0. The Kier molecular flexibility index (Phi) is 6.38. The first-order valence-electron chi connectivity index (χ1n) is 6.77. The van der Waals surface area contributed by atoms with Crippen LogP contribution < -0.4 is 5.32 Å². The normalized spacial score (nSPS) is 17.4. The number of amides is 3. The second-order valence-electron chi connectivity index (χ2n) is 5.10. The van der Waals surface area contributed by atoms with E-state index in [-0.39, 0.29) is 36.8 Å². The average Bonchev–Trinajstić information content (AvgIpc) is 2.73. The minimum absolute atomic E-state index is 0.124. The summed E-state index contributed by atoms with van der Waals surface area (Å²) in [5.74, 6) is -0.560. The Morgan fingerprint density at radius 2 is 1.90 bits per heavy atom. The van der Waals surface area contributed by atoms with E-state index < -0.39 is 0 Å². The quantitative estimate of drug-likeness (QED) is 0.657. The van der Waals surface area contributed by atoms with Crippen LogP contribution in [0.2, 0.25) is 0 Å². The van der Waals surface area contributed by atoms with E-state index in [0.717, 1.165) is 11.3 Å². The molecule has 20 heavy (non-hydrogen) atoms. The van der Waals surface area contributed by atoms with Crippen molar-refractivity contribution in [3.63, 3.8) is 0 Å². The maximum Gasteiger partial charge on any atom is 0.253 e. The van der Waals surface area contributed by atoms with E-state index >= 15 is 0 Å². The molecule has 1 aliphatic heterocycles. The number of ether oxygens (including phenoxy) is 1. The Bertz CT molecular complexity index is 388. The Labute approximate surface area is 119 Å². The molecule has 3 amide bonds. The molecule has 2 atom stereocenters. The van der Waals surface area contributed by atoms with Gasteiger partial charge in [-0.2, -0.15) is 0 Å². The van der Waals surface area contributed by atoms with Gasteiger partial charge in [0.15, 0.2) is 0 Å². The summed E-state index contributed by atoms with van der Waals surface area (Å²) in [6, 6.07) is 0. The van der Waals surface area contributed by atoms with Gasteiger partial charge in [-0.3, -0.25) is 19.3 Å². The number of nitrogens with one attached hydrogen (secondary N) is 1. The zero-order valence-corrected chi connectivity index (χ0v) is 12.2. The fourth-order valence-corrected chi connectivity index (χ4v) is 1.99. The first-order valence-corrected chi connectivity index (χ1v) is 6.77. The van der Waals surface area contributed by atoms with Crippen molar-refractivity contribution >= 4 is 17.7 Å². The summed E-state index contributed by atoms with van der Waals surface area (Å²) < 4.78 is 5.16. The number of carbonyl (C=O) groups is 3. The lowest BCUT2D eigenvalue weighted by Gasteiger charge is -2.17. The van der Waals surface area contributed by atoms with E-state index in [1.807, 2.05) is 13.8 Å². The van der Waals surface area contributed by atoms with Crippen molar-refractivity contribution in [2.24, 2.45) is 5.92 Å². The highest BCUT2D eigenvalue weighted by atomic mass is 16.5. The van der Waals surface area contributed by atoms with Crippen LogP contribution >= 0.6 is 0 Å². The maximum absolute atomic E-state index is 11.7. The summed E-state index contributed by atoms with van der Waals surface area (Å²) in [4.78, 5) is 35.3. The van der Waals surface area contributed by atoms with Crippen molar-refractivity contribution in [1.82, 2.24) is 10.2 Å². The number of imide groups is 1. The molecule has 1 rings (SSSR count). The van der Waals surface area contributed by atoms with Crippen molar-refractivity contribution in [3.05, 3.63) is 12.2 Å². The van der Waals surface area contributed by atoms with Crippen molar-refractivity contribution < 1.29 is 19.1 Å². The van der Waals surface area contributed by atoms with Crippen molar-refractivity contribution in [3.8, 4) is 0 Å². The Morgan fingerprint density at radius 1 is 1.30 bits per heavy atom. The third-order valence-electron chi connectivity index (χ3n) is 3.25. The van der Waals surface area contributed by atoms with Crippen LogP contribution in [-0.2, 0) is 19.1 Å². The van der Waals surface area contributed by atoms with Crippen LogP contribution in [0.4, 0.5) is 0 Å². The summed E-state index contributed by atoms with van der Waals surface area (Å²) in [6.07, 6.45) is 3.59. The molecule has 1 aliphatic rings. The Balaban J connectivity index is 2.21. The molecule has 0 radical (unpaired) electrons. The summed E-state index contributed by atoms with van der Waals surface area (Å²) in [6.45, 7) is 4.70. The zero-order valence-electron chi connectivity index (χ0n) is 12.2. The molecular formula is C14H22N2O4. The van der Waals surface area contributed by atoms with Gasteiger partial charge in [0.05, 0.1) is 6.10 Å². The maximum atomic E-state index is 11.7. The van der Waals surface area contributed by atoms with Crippen LogP contribution in [0, 0.1) is 5.92 Å². The monoisotopic (exact) mass is 282 g/mol. The molecular weight excluding hydrogens is 260 g/mol. The molecule has 1 N–H and O–H groups in total. The van der Waals surface area contributed by atoms with E-state index in [1.165, 1.54) is 12.2 Å². The lowest BCUT2D eigenvalue weighted by Crippen LogP contribution is -2.36. The number of hydrogen-bond donors (Lipinski definition) is 1. The van der Waals surface area contributed by atoms with Gasteiger partial charge in [-0.15, -0.1) is 0 Å². The van der Waals surface area contributed by atoms with Crippen LogP contribution in [0.5, 0.6) is 0 Å². The number of carbonyl (C=O) groups excluding carboxylic acids is 3. The van der Waals surface area contributed by atoms with Gasteiger partial charge in [0.2, 0.25) is 5.91 Å². The summed E-state index contributed by atoms with van der Waals surface area (Å²) in [7, 11) is 1.66. The Morgan fingerprint density at radius 3 is 2.45 bits per heavy atom. The van der Waals surface area contributed by atoms with Gasteiger partial charge in [-0.05, 0) is 19.3 Å². The van der Waals surface area contributed by atoms with Crippen LogP contribution in [0.3, 0.4) is 0 Å². The summed E-state index contributed by atoms with van der Waals surface area (Å²) in [5, 5.41) is 2.80. The molecule has 0 spiro atoms. The fraction of sp³-hybridized carbons (Fsp3) is 0.643. The molecule has 2 unspecified atom stereocenters. The van der Waals surface area contributed by atoms with E-state index in [2.05, 4.69) is 5.32 Å². The lowest BCUT2D eigenvalue weighted by atomic mass is 10.0. The number of rotatable bonds is 8. The molecule has 6 heteroatoms. The largest absolute Gasteiger partial charge is 0.382 e. The summed E-state index contributed by atoms with van der Waals surface area (Å²) in [5.41, 5.74) is 0. The molecule has 0 aliphatic carbocycles. The highest BCUT2D eigenvalue weighted by Gasteiger charge is 2.23. The lowest BCUT2D eigenvalue weighted by molar-refractivity contribution is -0.137. The van der Waals surface area contributed by atoms with Gasteiger partial charge in [-0.25, -0.2) is 0 Å². The first-order chi connectivity index (χ1) is 9.43. The number of nitrogens with zero attached hydrogens (tertiary/aromatic N) is 1. The minimum atomic E-state index is -0.356. The average molecular weight is 282 g/mol. The second-order valence-corrected chi connectivity index (χ2v) is 5.10. The van der Waals surface area contributed by atoms with Gasteiger partial charge in [0, 0.05) is 38.8 Å². The predicted molar refractivity (Wildman–Crippen MR) is 73.7 cm³/mol. The minimum Gasteiger partial charge on any atom is -0.382 e. The van der Waals surface area contributed by atoms with Crippen LogP contribution in [0.25, 0.3) is 0 Å². The van der Waals surface area contributed by atoms with Crippen molar-refractivity contribution in [1.29, 1.82) is 0 Å². The fourth-order valence-electron chi connectivity index (χ4n) is 1.99. The molecule has 112 valence electrons. The van der Waals surface area contributed by atoms with Gasteiger partial charge < -0.3 is 10.1 Å². The smallest absolute Gasteiger partial charge is 0.253 e. The van der Waals surface area contributed by atoms with E-state index in [1.54, 1.807) is 7.11 Å². The van der Waals surface area contributed by atoms with Gasteiger partial charge >= 0.3 is 0 Å². The second kappa shape index (κ2) is 7.79. The van der Waals surface area contributed by atoms with E-state index in [0.29, 0.717) is 12.5 Å². The molecule has 0 saturated carbocycles. The predicted octanol–water partition coefficient (Wildman–Crippen LogP) is 0.479. The molecule has 0 bridgehead atoms. The highest BCUT2D eigenvalue weighted by Crippen LogP contribution is 2.07.